The molecule has 2 amide bonds. The van der Waals surface area contributed by atoms with E-state index in [4.69, 9.17) is 16.3 Å². The molecular formula is C33H38ClN3O6S2. The van der Waals surface area contributed by atoms with E-state index in [1.54, 1.807) is 68.1 Å². The smallest absolute Gasteiger partial charge is 0.348 e. The highest BCUT2D eigenvalue weighted by atomic mass is 35.5. The van der Waals surface area contributed by atoms with Gasteiger partial charge in [-0.25, -0.2) is 17.9 Å². The summed E-state index contributed by atoms with van der Waals surface area (Å²) >= 11 is 7.50. The van der Waals surface area contributed by atoms with Gasteiger partial charge in [0.25, 0.3) is 5.91 Å². The Bertz CT molecular complexity index is 1680. The van der Waals surface area contributed by atoms with E-state index in [-0.39, 0.29) is 18.4 Å². The molecule has 2 aromatic carbocycles. The third-order valence-electron chi connectivity index (χ3n) is 8.02. The van der Waals surface area contributed by atoms with Crippen molar-refractivity contribution < 1.29 is 27.5 Å². The number of carbonyl (C=O) groups excluding carboxylic acids is 3. The van der Waals surface area contributed by atoms with Crippen molar-refractivity contribution in [3.8, 4) is 0 Å². The van der Waals surface area contributed by atoms with Gasteiger partial charge in [-0.15, -0.1) is 11.3 Å². The standard InChI is InChI=1S/C33H38ClN3O6S2/c1-33(2,3)43-32(40)27-18-17-22(44-27)19-35-30(38)28-23-9-5-6-10-24(23)31(39)37(29(28)20-13-15-21(34)16-14-20)26-12-8-7-11-25(26)36-45(4,41)42/h5-6,9-10,13-18,25-26,28-29,36H,7-8,11-12,19H2,1-4H3,(H,35,38)/t25-,26-,28+,29-/m0/s1. The summed E-state index contributed by atoms with van der Waals surface area (Å²) in [6, 6.07) is 16.0. The Morgan fingerprint density at radius 3 is 2.40 bits per heavy atom. The maximum atomic E-state index is 14.3. The first-order valence-electron chi connectivity index (χ1n) is 15.0. The molecule has 12 heteroatoms. The molecule has 45 heavy (non-hydrogen) atoms. The summed E-state index contributed by atoms with van der Waals surface area (Å²) in [5.41, 5.74) is 1.10. The molecule has 2 aliphatic rings. The van der Waals surface area contributed by atoms with Crippen LogP contribution in [0.2, 0.25) is 5.02 Å². The minimum Gasteiger partial charge on any atom is -0.456 e. The molecule has 1 aliphatic carbocycles. The highest BCUT2D eigenvalue weighted by Gasteiger charge is 2.48. The second-order valence-electron chi connectivity index (χ2n) is 12.6. The molecule has 2 heterocycles. The number of carbonyl (C=O) groups is 3. The molecule has 0 spiro atoms. The van der Waals surface area contributed by atoms with Crippen LogP contribution in [-0.4, -0.2) is 55.0 Å². The summed E-state index contributed by atoms with van der Waals surface area (Å²) in [6.07, 6.45) is 3.93. The molecule has 1 aromatic heterocycles. The van der Waals surface area contributed by atoms with E-state index < -0.39 is 45.6 Å². The first kappa shape index (κ1) is 33.1. The van der Waals surface area contributed by atoms with Gasteiger partial charge in [-0.3, -0.25) is 9.59 Å². The molecular weight excluding hydrogens is 634 g/mol. The maximum absolute atomic E-state index is 14.3. The lowest BCUT2D eigenvalue weighted by atomic mass is 9.76. The minimum absolute atomic E-state index is 0.175. The number of nitrogens with one attached hydrogen (secondary N) is 2. The van der Waals surface area contributed by atoms with E-state index in [1.807, 2.05) is 18.2 Å². The lowest BCUT2D eigenvalue weighted by Crippen LogP contribution is -2.59. The minimum atomic E-state index is -3.56. The number of nitrogens with zero attached hydrogens (tertiary/aromatic N) is 1. The molecule has 1 fully saturated rings. The molecule has 0 unspecified atom stereocenters. The van der Waals surface area contributed by atoms with Crippen LogP contribution in [0.25, 0.3) is 0 Å². The molecule has 4 atom stereocenters. The fraction of sp³-hybridized carbons (Fsp3) is 0.424. The number of benzene rings is 2. The number of fused-ring (bicyclic) bond motifs is 1. The van der Waals surface area contributed by atoms with Gasteiger partial charge in [-0.1, -0.05) is 54.8 Å². The zero-order valence-corrected chi connectivity index (χ0v) is 28.1. The molecule has 1 saturated carbocycles. The number of sulfonamides is 1. The topological polar surface area (TPSA) is 122 Å². The summed E-state index contributed by atoms with van der Waals surface area (Å²) in [7, 11) is -3.56. The normalized spacial score (nSPS) is 22.1. The van der Waals surface area contributed by atoms with Gasteiger partial charge in [-0.05, 0) is 75.1 Å². The molecule has 3 aromatic rings. The van der Waals surface area contributed by atoms with E-state index in [2.05, 4.69) is 10.0 Å². The number of halogens is 1. The van der Waals surface area contributed by atoms with Crippen LogP contribution in [0, 0.1) is 0 Å². The lowest BCUT2D eigenvalue weighted by molar-refractivity contribution is -0.124. The predicted molar refractivity (Wildman–Crippen MR) is 175 cm³/mol. The first-order chi connectivity index (χ1) is 21.2. The van der Waals surface area contributed by atoms with Crippen molar-refractivity contribution in [2.75, 3.05) is 6.26 Å². The molecule has 9 nitrogen and oxygen atoms in total. The van der Waals surface area contributed by atoms with Crippen LogP contribution in [0.4, 0.5) is 0 Å². The summed E-state index contributed by atoms with van der Waals surface area (Å²) in [6.45, 7) is 5.59. The van der Waals surface area contributed by atoms with Crippen LogP contribution < -0.4 is 10.0 Å². The largest absolute Gasteiger partial charge is 0.456 e. The zero-order valence-electron chi connectivity index (χ0n) is 25.7. The van der Waals surface area contributed by atoms with Crippen LogP contribution in [-0.2, 0) is 26.1 Å². The second kappa shape index (κ2) is 13.2. The fourth-order valence-corrected chi connectivity index (χ4v) is 8.04. The number of hydrogen-bond acceptors (Lipinski definition) is 7. The number of thiophene rings is 1. The van der Waals surface area contributed by atoms with Gasteiger partial charge < -0.3 is 15.0 Å². The molecule has 1 aliphatic heterocycles. The molecule has 0 bridgehead atoms. The quantitative estimate of drug-likeness (QED) is 0.292. The van der Waals surface area contributed by atoms with Gasteiger partial charge in [0.1, 0.15) is 10.5 Å². The van der Waals surface area contributed by atoms with E-state index in [0.29, 0.717) is 33.9 Å². The van der Waals surface area contributed by atoms with Gasteiger partial charge in [-0.2, -0.15) is 0 Å². The number of hydrogen-bond donors (Lipinski definition) is 2. The summed E-state index contributed by atoms with van der Waals surface area (Å²) in [4.78, 5) is 44.1. The molecule has 0 saturated heterocycles. The van der Waals surface area contributed by atoms with Crippen LogP contribution in [0.3, 0.4) is 0 Å². The van der Waals surface area contributed by atoms with Crippen LogP contribution in [0.15, 0.2) is 60.7 Å². The number of amides is 2. The van der Waals surface area contributed by atoms with Gasteiger partial charge in [0.15, 0.2) is 0 Å². The number of ether oxygens (including phenoxy) is 1. The van der Waals surface area contributed by atoms with E-state index >= 15 is 0 Å². The predicted octanol–water partition coefficient (Wildman–Crippen LogP) is 5.81. The first-order valence-corrected chi connectivity index (χ1v) is 18.0. The molecule has 0 radical (unpaired) electrons. The van der Waals surface area contributed by atoms with Crippen molar-refractivity contribution in [1.82, 2.24) is 14.9 Å². The Morgan fingerprint density at radius 1 is 1.02 bits per heavy atom. The molecule has 240 valence electrons. The Labute approximate surface area is 273 Å². The van der Waals surface area contributed by atoms with Crippen molar-refractivity contribution in [2.24, 2.45) is 0 Å². The van der Waals surface area contributed by atoms with Gasteiger partial charge in [0.2, 0.25) is 15.9 Å². The van der Waals surface area contributed by atoms with Crippen LogP contribution in [0.5, 0.6) is 0 Å². The van der Waals surface area contributed by atoms with Crippen LogP contribution in [0.1, 0.15) is 94.4 Å². The van der Waals surface area contributed by atoms with Crippen molar-refractivity contribution in [1.29, 1.82) is 0 Å². The van der Waals surface area contributed by atoms with Gasteiger partial charge >= 0.3 is 5.97 Å². The Morgan fingerprint density at radius 2 is 1.71 bits per heavy atom. The molecule has 5 rings (SSSR count). The van der Waals surface area contributed by atoms with Crippen molar-refractivity contribution in [3.63, 3.8) is 0 Å². The Balaban J connectivity index is 1.52. The van der Waals surface area contributed by atoms with Crippen molar-refractivity contribution in [2.45, 2.75) is 82.6 Å². The fourth-order valence-electron chi connectivity index (χ4n) is 6.27. The Kier molecular flexibility index (Phi) is 9.74. The summed E-state index contributed by atoms with van der Waals surface area (Å²) in [5, 5.41) is 3.57. The zero-order chi connectivity index (χ0) is 32.5. The number of esters is 1. The SMILES string of the molecule is CC(C)(C)OC(=O)c1ccc(CNC(=O)[C@@H]2c3ccccc3C(=O)N([C@H]3CCCC[C@@H]3NS(C)(=O)=O)[C@H]2c2ccc(Cl)cc2)s1. The van der Waals surface area contributed by atoms with Crippen molar-refractivity contribution in [3.05, 3.63) is 92.1 Å². The monoisotopic (exact) mass is 671 g/mol. The van der Waals surface area contributed by atoms with E-state index in [9.17, 15) is 22.8 Å². The lowest BCUT2D eigenvalue weighted by Gasteiger charge is -2.49. The summed E-state index contributed by atoms with van der Waals surface area (Å²) < 4.78 is 33.0. The van der Waals surface area contributed by atoms with Crippen LogP contribution >= 0.6 is 22.9 Å². The second-order valence-corrected chi connectivity index (χ2v) is 16.0. The summed E-state index contributed by atoms with van der Waals surface area (Å²) in [5.74, 6) is -1.77. The molecule has 2 N–H and O–H groups in total. The van der Waals surface area contributed by atoms with Gasteiger partial charge in [0, 0.05) is 27.5 Å². The highest BCUT2D eigenvalue weighted by molar-refractivity contribution is 7.88. The van der Waals surface area contributed by atoms with E-state index in [0.717, 1.165) is 29.5 Å². The maximum Gasteiger partial charge on any atom is 0.348 e. The van der Waals surface area contributed by atoms with Crippen molar-refractivity contribution >= 4 is 50.7 Å². The van der Waals surface area contributed by atoms with Gasteiger partial charge in [0.05, 0.1) is 24.8 Å². The average Bonchev–Trinajstić information content (AvgIpc) is 3.45. The third-order valence-corrected chi connectivity index (χ3v) is 10.1. The highest BCUT2D eigenvalue weighted by Crippen LogP contribution is 2.46. The van der Waals surface area contributed by atoms with E-state index in [1.165, 1.54) is 11.3 Å². The number of rotatable bonds is 8. The Hall–Kier alpha value is -3.25. The third kappa shape index (κ3) is 7.77. The average molecular weight is 672 g/mol.